The van der Waals surface area contributed by atoms with Crippen LogP contribution in [-0.2, 0) is 4.74 Å². The van der Waals surface area contributed by atoms with Crippen molar-refractivity contribution in [3.63, 3.8) is 0 Å². The number of halogens is 10. The zero-order valence-electron chi connectivity index (χ0n) is 17.0. The number of carbonyl (C=O) groups is 1. The zero-order valence-corrected chi connectivity index (χ0v) is 19.1. The number of rotatable bonds is 7. The molecule has 0 aliphatic heterocycles. The molecule has 0 bridgehead atoms. The van der Waals surface area contributed by atoms with E-state index in [4.69, 9.17) is 4.74 Å². The maximum Gasteiger partial charge on any atom is 0.214 e. The van der Waals surface area contributed by atoms with E-state index < -0.39 is 94.3 Å². The molecule has 13 heteroatoms. The third kappa shape index (κ3) is 4.16. The van der Waals surface area contributed by atoms with Gasteiger partial charge in [-0.15, -0.1) is 0 Å². The normalized spacial score (nSPS) is 23.4. The van der Waals surface area contributed by atoms with Gasteiger partial charge in [-0.05, 0) is 46.9 Å². The quantitative estimate of drug-likeness (QED) is 0.154. The van der Waals surface area contributed by atoms with Gasteiger partial charge < -0.3 is 10.1 Å². The predicted molar refractivity (Wildman–Crippen MR) is 113 cm³/mol. The highest BCUT2D eigenvalue weighted by molar-refractivity contribution is 14.1. The summed E-state index contributed by atoms with van der Waals surface area (Å²) in [7, 11) is 0. The van der Waals surface area contributed by atoms with Gasteiger partial charge in [0.05, 0.1) is 23.9 Å². The van der Waals surface area contributed by atoms with Crippen LogP contribution < -0.4 is 5.32 Å². The predicted octanol–water partition coefficient (Wildman–Crippen LogP) is 7.20. The molecule has 0 amide bonds. The van der Waals surface area contributed by atoms with Gasteiger partial charge in [-0.25, -0.2) is 35.1 Å². The Morgan fingerprint density at radius 3 is 2.34 bits per heavy atom. The average Bonchev–Trinajstić information content (AvgIpc) is 3.37. The van der Waals surface area contributed by atoms with Crippen molar-refractivity contribution < 1.29 is 49.0 Å². The maximum absolute atomic E-state index is 14.5. The van der Waals surface area contributed by atoms with Crippen molar-refractivity contribution in [1.29, 1.82) is 0 Å². The van der Waals surface area contributed by atoms with E-state index in [0.29, 0.717) is 9.64 Å². The van der Waals surface area contributed by atoms with Crippen LogP contribution >= 0.6 is 22.6 Å². The summed E-state index contributed by atoms with van der Waals surface area (Å²) in [6.07, 6.45) is -3.48. The van der Waals surface area contributed by atoms with Gasteiger partial charge in [0.15, 0.2) is 41.0 Å². The summed E-state index contributed by atoms with van der Waals surface area (Å²) in [5, 5.41) is 2.17. The Hall–Kier alpha value is -2.71. The Labute approximate surface area is 204 Å². The summed E-state index contributed by atoms with van der Waals surface area (Å²) in [6, 6.07) is 3.90. The van der Waals surface area contributed by atoms with Crippen molar-refractivity contribution in [2.75, 3.05) is 11.9 Å². The molecule has 2 aliphatic carbocycles. The number of hydrogen-bond acceptors (Lipinski definition) is 3. The van der Waals surface area contributed by atoms with Gasteiger partial charge in [0.1, 0.15) is 11.6 Å². The largest absolute Gasteiger partial charge is 0.491 e. The lowest BCUT2D eigenvalue weighted by molar-refractivity contribution is 0.0855. The second-order valence-electron chi connectivity index (χ2n) is 7.63. The lowest BCUT2D eigenvalue weighted by Crippen LogP contribution is -2.21. The number of carbonyl (C=O) groups excluding carboxylic acids is 1. The van der Waals surface area contributed by atoms with Gasteiger partial charge in [-0.3, -0.25) is 4.79 Å². The molecule has 2 aliphatic rings. The van der Waals surface area contributed by atoms with Gasteiger partial charge >= 0.3 is 0 Å². The van der Waals surface area contributed by atoms with Crippen LogP contribution in [0.1, 0.15) is 16.8 Å². The van der Waals surface area contributed by atoms with Crippen LogP contribution in [0.15, 0.2) is 47.5 Å². The molecule has 3 nitrogen and oxygen atoms in total. The number of Topliss-reactive ketones (excluding diaryl/α,β-unsaturated/α-hetero) is 1. The molecule has 35 heavy (non-hydrogen) atoms. The molecule has 0 saturated heterocycles. The second-order valence-corrected chi connectivity index (χ2v) is 8.88. The second kappa shape index (κ2) is 9.06. The van der Waals surface area contributed by atoms with E-state index >= 15 is 0 Å². The van der Waals surface area contributed by atoms with E-state index in [9.17, 15) is 44.3 Å². The van der Waals surface area contributed by atoms with Crippen molar-refractivity contribution in [3.05, 3.63) is 79.9 Å². The number of allylic oxidation sites excluding steroid dienone is 4. The average molecular weight is 619 g/mol. The van der Waals surface area contributed by atoms with Gasteiger partial charge in [-0.2, -0.15) is 4.39 Å². The summed E-state index contributed by atoms with van der Waals surface area (Å²) in [6.45, 7) is -0.945. The Morgan fingerprint density at radius 1 is 1.00 bits per heavy atom. The molecule has 4 rings (SSSR count). The van der Waals surface area contributed by atoms with Crippen LogP contribution in [0.5, 0.6) is 0 Å². The molecule has 1 N–H and O–H groups in total. The van der Waals surface area contributed by atoms with Crippen LogP contribution in [0.25, 0.3) is 0 Å². The first-order valence-electron chi connectivity index (χ1n) is 9.73. The Bertz CT molecular complexity index is 1310. The Kier molecular flexibility index (Phi) is 6.57. The number of benzene rings is 2. The van der Waals surface area contributed by atoms with Crippen LogP contribution in [0, 0.1) is 32.8 Å². The number of nitrogens with one attached hydrogen (secondary N) is 1. The number of ether oxygens (including phenoxy) is 1. The van der Waals surface area contributed by atoms with Crippen LogP contribution in [0.2, 0.25) is 0 Å². The first-order chi connectivity index (χ1) is 16.4. The molecule has 0 aromatic heterocycles. The molecule has 0 heterocycles. The van der Waals surface area contributed by atoms with Crippen LogP contribution in [0.3, 0.4) is 0 Å². The van der Waals surface area contributed by atoms with Crippen molar-refractivity contribution in [3.8, 4) is 0 Å². The minimum atomic E-state index is -3.30. The first kappa shape index (κ1) is 25.4. The monoisotopic (exact) mass is 619 g/mol. The standard InChI is InChI=1S/C22H11F9INO2/c23-9-5-7(32)1-2-11(9)33-19-8(6-10(24)14(25)17(19)28)12(34)3-4-35-21-18(29)16(27)15(26)13-20(30)22(13,21)31/h1-2,5-6,13,20,33H,3-4H2. The summed E-state index contributed by atoms with van der Waals surface area (Å²) in [4.78, 5) is 12.6. The lowest BCUT2D eigenvalue weighted by atomic mass is 10.0. The Morgan fingerprint density at radius 2 is 1.69 bits per heavy atom. The molecule has 3 unspecified atom stereocenters. The van der Waals surface area contributed by atoms with Crippen molar-refractivity contribution in [2.24, 2.45) is 5.92 Å². The smallest absolute Gasteiger partial charge is 0.214 e. The summed E-state index contributed by atoms with van der Waals surface area (Å²) >= 11 is 1.78. The molecule has 2 aromatic rings. The van der Waals surface area contributed by atoms with Crippen molar-refractivity contribution in [2.45, 2.75) is 18.3 Å². The third-order valence-corrected chi connectivity index (χ3v) is 6.16. The van der Waals surface area contributed by atoms with Gasteiger partial charge in [0.2, 0.25) is 11.5 Å². The summed E-state index contributed by atoms with van der Waals surface area (Å²) in [5.41, 5.74) is -5.41. The highest BCUT2D eigenvalue weighted by Crippen LogP contribution is 2.63. The molecule has 2 aromatic carbocycles. The number of anilines is 2. The molecule has 0 spiro atoms. The first-order valence-corrected chi connectivity index (χ1v) is 10.8. The SMILES string of the molecule is O=C(CCOC1=C(F)C(F)=C(F)C2C(F)C12F)c1cc(F)c(F)c(F)c1Nc1ccc(I)cc1F. The fourth-order valence-corrected chi connectivity index (χ4v) is 4.08. The Balaban J connectivity index is 1.57. The topological polar surface area (TPSA) is 38.3 Å². The van der Waals surface area contributed by atoms with Crippen molar-refractivity contribution >= 4 is 39.7 Å². The molecule has 1 saturated carbocycles. The van der Waals surface area contributed by atoms with Crippen LogP contribution in [0.4, 0.5) is 50.9 Å². The molecular weight excluding hydrogens is 608 g/mol. The number of hydrogen-bond donors (Lipinski definition) is 1. The summed E-state index contributed by atoms with van der Waals surface area (Å²) < 4.78 is 131. The molecule has 1 fully saturated rings. The highest BCUT2D eigenvalue weighted by atomic mass is 127. The van der Waals surface area contributed by atoms with E-state index in [0.717, 1.165) is 12.1 Å². The third-order valence-electron chi connectivity index (χ3n) is 5.49. The van der Waals surface area contributed by atoms with E-state index in [1.165, 1.54) is 6.07 Å². The fraction of sp³-hybridized carbons (Fsp3) is 0.227. The minimum Gasteiger partial charge on any atom is -0.491 e. The maximum atomic E-state index is 14.5. The van der Waals surface area contributed by atoms with Gasteiger partial charge in [-0.1, -0.05) is 0 Å². The fourth-order valence-electron chi connectivity index (χ4n) is 3.62. The zero-order chi connectivity index (χ0) is 25.8. The number of alkyl halides is 2. The number of fused-ring (bicyclic) bond motifs is 1. The lowest BCUT2D eigenvalue weighted by Gasteiger charge is -2.18. The molecule has 3 atom stereocenters. The van der Waals surface area contributed by atoms with Crippen LogP contribution in [-0.4, -0.2) is 24.2 Å². The summed E-state index contributed by atoms with van der Waals surface area (Å²) in [5.74, 6) is -17.6. The van der Waals surface area contributed by atoms with E-state index in [-0.39, 0.29) is 5.69 Å². The highest BCUT2D eigenvalue weighted by Gasteiger charge is 2.77. The molecule has 0 radical (unpaired) electrons. The van der Waals surface area contributed by atoms with E-state index in [2.05, 4.69) is 5.32 Å². The molecule has 186 valence electrons. The van der Waals surface area contributed by atoms with E-state index in [1.54, 1.807) is 22.6 Å². The van der Waals surface area contributed by atoms with Gasteiger partial charge in [0.25, 0.3) is 0 Å². The minimum absolute atomic E-state index is 0.317. The van der Waals surface area contributed by atoms with E-state index in [1.807, 2.05) is 0 Å². The molecular formula is C22H11F9INO2. The van der Waals surface area contributed by atoms with Gasteiger partial charge in [0, 0.05) is 15.6 Å². The number of ketones is 1. The van der Waals surface area contributed by atoms with Crippen molar-refractivity contribution in [1.82, 2.24) is 0 Å².